The second kappa shape index (κ2) is 23.5. The van der Waals surface area contributed by atoms with Gasteiger partial charge in [-0.3, -0.25) is 13.9 Å². The van der Waals surface area contributed by atoms with Crippen molar-refractivity contribution >= 4 is 42.0 Å². The fraction of sp³-hybridized carbons (Fsp3) is 0.375. The number of unbranched alkanes of at least 4 members (excludes halogenated alkanes) is 1. The molecule has 0 spiro atoms. The number of allylic oxidation sites excluding steroid dienone is 10. The number of ether oxygens (including phenoxy) is 1. The molecule has 0 saturated carbocycles. The first-order valence-electron chi connectivity index (χ1n) is 18.2. The molecule has 0 aliphatic carbocycles. The number of amides is 1. The van der Waals surface area contributed by atoms with E-state index in [0.29, 0.717) is 17.9 Å². The van der Waals surface area contributed by atoms with Crippen LogP contribution in [0.5, 0.6) is 5.75 Å². The number of rotatable bonds is 23. The van der Waals surface area contributed by atoms with Crippen LogP contribution in [-0.2, 0) is 18.6 Å². The minimum absolute atomic E-state index is 0.0739. The van der Waals surface area contributed by atoms with Gasteiger partial charge in [0, 0.05) is 36.8 Å². The van der Waals surface area contributed by atoms with Gasteiger partial charge < -0.3 is 20.3 Å². The minimum Gasteiger partial charge on any atom is -0.413 e. The highest BCUT2D eigenvalue weighted by Gasteiger charge is 2.33. The number of nitrogens with zero attached hydrogens (tertiary/aromatic N) is 2. The molecule has 2 heterocycles. The summed E-state index contributed by atoms with van der Waals surface area (Å²) in [5.41, 5.74) is 4.58. The van der Waals surface area contributed by atoms with Crippen molar-refractivity contribution in [1.82, 2.24) is 20.0 Å². The number of thioether (sulfide) groups is 1. The summed E-state index contributed by atoms with van der Waals surface area (Å²) in [6, 6.07) is 14.6. The Morgan fingerprint density at radius 3 is 2.36 bits per heavy atom. The third-order valence-corrected chi connectivity index (χ3v) is 10.6. The van der Waals surface area contributed by atoms with E-state index in [1.54, 1.807) is 6.07 Å². The summed E-state index contributed by atoms with van der Waals surface area (Å²) in [5, 5.41) is 7.48. The molecule has 1 aliphatic rings. The molecule has 1 unspecified atom stereocenters. The Balaban J connectivity index is 1.17. The summed E-state index contributed by atoms with van der Waals surface area (Å²) in [4.78, 5) is 28.5. The summed E-state index contributed by atoms with van der Waals surface area (Å²) < 4.78 is 33.4. The molecule has 1 aliphatic heterocycles. The first kappa shape index (κ1) is 41.6. The topological polar surface area (TPSA) is 147 Å². The molecule has 3 atom stereocenters. The summed E-state index contributed by atoms with van der Waals surface area (Å²) in [5.74, 6) is 0.913. The number of carbonyl (C=O) groups is 1. The summed E-state index contributed by atoms with van der Waals surface area (Å²) in [6.07, 6.45) is 29.4. The molecule has 4 N–H and O–H groups in total. The lowest BCUT2D eigenvalue weighted by molar-refractivity contribution is -0.121. The van der Waals surface area contributed by atoms with Gasteiger partial charge in [0.1, 0.15) is 23.2 Å². The van der Waals surface area contributed by atoms with Crippen LogP contribution in [-0.4, -0.2) is 46.3 Å². The van der Waals surface area contributed by atoms with Gasteiger partial charge in [-0.2, -0.15) is 4.98 Å². The number of anilines is 1. The van der Waals surface area contributed by atoms with E-state index in [2.05, 4.69) is 83.1 Å². The van der Waals surface area contributed by atoms with Crippen molar-refractivity contribution in [2.45, 2.75) is 70.0 Å². The van der Waals surface area contributed by atoms with Crippen LogP contribution < -0.4 is 26.4 Å². The molecule has 1 fully saturated rings. The summed E-state index contributed by atoms with van der Waals surface area (Å²) in [7, 11) is -3.94. The zero-order valence-corrected chi connectivity index (χ0v) is 32.1. The molecule has 1 saturated heterocycles. The number of carbonyl (C=O) groups excluding carboxylic acids is 1. The molecule has 284 valence electrons. The van der Waals surface area contributed by atoms with Crippen molar-refractivity contribution in [2.75, 3.05) is 31.2 Å². The van der Waals surface area contributed by atoms with E-state index in [9.17, 15) is 14.2 Å². The van der Waals surface area contributed by atoms with E-state index in [4.69, 9.17) is 19.5 Å². The number of hydrogen-bond acceptors (Lipinski definition) is 9. The third-order valence-electron chi connectivity index (χ3n) is 7.93. The van der Waals surface area contributed by atoms with Gasteiger partial charge in [0.2, 0.25) is 5.91 Å². The molecular formula is C40H52N5O6PS. The lowest BCUT2D eigenvalue weighted by Crippen LogP contribution is -2.32. The van der Waals surface area contributed by atoms with Crippen molar-refractivity contribution in [3.63, 3.8) is 0 Å². The molecule has 1 aromatic heterocycles. The molecule has 13 heteroatoms. The van der Waals surface area contributed by atoms with Crippen LogP contribution in [0.3, 0.4) is 0 Å². The monoisotopic (exact) mass is 761 g/mol. The van der Waals surface area contributed by atoms with Crippen LogP contribution >= 0.6 is 19.5 Å². The maximum absolute atomic E-state index is 14.1. The van der Waals surface area contributed by atoms with Crippen molar-refractivity contribution in [1.29, 1.82) is 0 Å². The fourth-order valence-corrected chi connectivity index (χ4v) is 7.66. The lowest BCUT2D eigenvalue weighted by atomic mass is 10.1. The van der Waals surface area contributed by atoms with Crippen LogP contribution in [0, 0.1) is 0 Å². The van der Waals surface area contributed by atoms with Gasteiger partial charge in [0.05, 0.1) is 6.61 Å². The molecule has 2 aromatic carbocycles. The van der Waals surface area contributed by atoms with Crippen LogP contribution in [0.1, 0.15) is 64.5 Å². The van der Waals surface area contributed by atoms with Crippen molar-refractivity contribution in [3.8, 4) is 5.75 Å². The summed E-state index contributed by atoms with van der Waals surface area (Å²) in [6.45, 7) is 2.45. The molecule has 0 bridgehead atoms. The minimum atomic E-state index is -3.94. The fourth-order valence-electron chi connectivity index (χ4n) is 5.22. The predicted octanol–water partition coefficient (Wildman–Crippen LogP) is 8.40. The standard InChI is InChI=1S/C40H52N5O6PS/c1-2-3-4-5-6-7-8-9-10-11-12-13-14-15-16-17-18-26-37(46)42-28-29-43-52(48,51-35-25-21-23-33-22-19-20-24-34(33)35)49-31-39-50-38(32-53-39)45-30-27-36(41)44-40(45)47/h3-4,6-7,9-10,12-13,15-16,19-25,27,30,38-39H,2,5,8,11,14,17-18,26,28-29,31-32H2,1H3,(H,42,46)(H,43,48)(H2,41,44,47)/b4-3-,7-6-,10-9-,13-12-,16-15-/t38-,39+,52?/m0/s1. The van der Waals surface area contributed by atoms with E-state index in [0.717, 1.165) is 55.7 Å². The van der Waals surface area contributed by atoms with E-state index in [-0.39, 0.29) is 31.4 Å². The smallest absolute Gasteiger partial charge is 0.413 e. The molecule has 3 aromatic rings. The number of hydrogen-bond donors (Lipinski definition) is 3. The molecule has 0 radical (unpaired) electrons. The van der Waals surface area contributed by atoms with Crippen LogP contribution in [0.4, 0.5) is 5.82 Å². The Hall–Kier alpha value is -4.19. The highest BCUT2D eigenvalue weighted by Crippen LogP contribution is 2.47. The molecule has 11 nitrogen and oxygen atoms in total. The Morgan fingerprint density at radius 2 is 1.64 bits per heavy atom. The average molecular weight is 762 g/mol. The largest absolute Gasteiger partial charge is 0.458 e. The van der Waals surface area contributed by atoms with Gasteiger partial charge in [-0.15, -0.1) is 11.8 Å². The van der Waals surface area contributed by atoms with E-state index in [1.165, 1.54) is 28.6 Å². The maximum Gasteiger partial charge on any atom is 0.458 e. The van der Waals surface area contributed by atoms with Crippen LogP contribution in [0.2, 0.25) is 0 Å². The first-order chi connectivity index (χ1) is 25.9. The van der Waals surface area contributed by atoms with E-state index in [1.807, 2.05) is 36.4 Å². The number of nitrogen functional groups attached to an aromatic ring is 1. The van der Waals surface area contributed by atoms with E-state index >= 15 is 0 Å². The number of nitrogens with one attached hydrogen (secondary N) is 2. The third kappa shape index (κ3) is 15.4. The average Bonchev–Trinajstić information content (AvgIpc) is 3.63. The van der Waals surface area contributed by atoms with Gasteiger partial charge in [-0.05, 0) is 62.5 Å². The van der Waals surface area contributed by atoms with Crippen LogP contribution in [0.25, 0.3) is 10.8 Å². The van der Waals surface area contributed by atoms with Gasteiger partial charge in [0.15, 0.2) is 0 Å². The normalized spacial score (nSPS) is 17.6. The molecule has 53 heavy (non-hydrogen) atoms. The Morgan fingerprint density at radius 1 is 0.962 bits per heavy atom. The van der Waals surface area contributed by atoms with Gasteiger partial charge in [0.25, 0.3) is 0 Å². The second-order valence-corrected chi connectivity index (χ2v) is 15.1. The van der Waals surface area contributed by atoms with E-state index < -0.39 is 25.1 Å². The Bertz CT molecular complexity index is 1840. The Kier molecular flexibility index (Phi) is 18.4. The highest BCUT2D eigenvalue weighted by molar-refractivity contribution is 8.00. The zero-order chi connectivity index (χ0) is 37.6. The number of aromatic nitrogens is 2. The van der Waals surface area contributed by atoms with Crippen molar-refractivity contribution < 1.29 is 23.1 Å². The van der Waals surface area contributed by atoms with Gasteiger partial charge >= 0.3 is 13.4 Å². The lowest BCUT2D eigenvalue weighted by Gasteiger charge is -2.22. The molecule has 4 rings (SSSR count). The number of nitrogens with two attached hydrogens (primary N) is 1. The quantitative estimate of drug-likeness (QED) is 0.0489. The molecular weight excluding hydrogens is 710 g/mol. The maximum atomic E-state index is 14.1. The van der Waals surface area contributed by atoms with Crippen molar-refractivity contribution in [2.24, 2.45) is 0 Å². The van der Waals surface area contributed by atoms with Crippen LogP contribution in [0.15, 0.2) is 120 Å². The number of fused-ring (bicyclic) bond motifs is 1. The van der Waals surface area contributed by atoms with Gasteiger partial charge in [-0.25, -0.2) is 14.4 Å². The first-order valence-corrected chi connectivity index (χ1v) is 20.8. The summed E-state index contributed by atoms with van der Waals surface area (Å²) >= 11 is 1.42. The Labute approximate surface area is 317 Å². The molecule has 1 amide bonds. The zero-order valence-electron chi connectivity index (χ0n) is 30.4. The van der Waals surface area contributed by atoms with Gasteiger partial charge in [-0.1, -0.05) is 104 Å². The highest BCUT2D eigenvalue weighted by atomic mass is 32.2. The number of benzene rings is 2. The SMILES string of the molecule is CC/C=C\C/C=C\C/C=C\C/C=C\C/C=C\CCCC(=O)NCCNP(=O)(OC[C@@H]1O[C@H](n2ccc(N)nc2=O)CS1)Oc1cccc2ccccc12. The second-order valence-electron chi connectivity index (χ2n) is 12.1. The van der Waals surface area contributed by atoms with Crippen molar-refractivity contribution in [3.05, 3.63) is 126 Å². The predicted molar refractivity (Wildman–Crippen MR) is 217 cm³/mol.